The van der Waals surface area contributed by atoms with Crippen molar-refractivity contribution in [1.29, 1.82) is 0 Å². The van der Waals surface area contributed by atoms with Crippen LogP contribution in [-0.2, 0) is 16.0 Å². The summed E-state index contributed by atoms with van der Waals surface area (Å²) in [6, 6.07) is 7.69. The van der Waals surface area contributed by atoms with Crippen molar-refractivity contribution in [2.75, 3.05) is 6.54 Å². The molecule has 1 aliphatic rings. The first-order chi connectivity index (χ1) is 13.4. The number of β-lactam (4-membered cyclic amide) rings is 1. The predicted octanol–water partition coefficient (Wildman–Crippen LogP) is 1.00. The van der Waals surface area contributed by atoms with Crippen molar-refractivity contribution in [1.82, 2.24) is 10.2 Å². The van der Waals surface area contributed by atoms with Gasteiger partial charge in [0.1, 0.15) is 18.3 Å². The fourth-order valence-electron chi connectivity index (χ4n) is 3.26. The summed E-state index contributed by atoms with van der Waals surface area (Å²) in [7, 11) is 0. The minimum atomic E-state index is -1.26. The molecule has 2 unspecified atom stereocenters. The number of carbonyl (C=O) groups excluding carboxylic acids is 2. The van der Waals surface area contributed by atoms with E-state index in [1.807, 2.05) is 0 Å². The number of rotatable bonds is 8. The normalized spacial score (nSPS) is 18.4. The molecular weight excluding hydrogens is 368 g/mol. The van der Waals surface area contributed by atoms with Crippen LogP contribution in [0.5, 0.6) is 0 Å². The number of amides is 2. The molecule has 1 saturated heterocycles. The third kappa shape index (κ3) is 3.88. The van der Waals surface area contributed by atoms with Gasteiger partial charge in [-0.3, -0.25) is 14.4 Å². The van der Waals surface area contributed by atoms with Crippen molar-refractivity contribution >= 4 is 23.8 Å². The maximum atomic E-state index is 12.5. The zero-order valence-corrected chi connectivity index (χ0v) is 14.7. The Hall–Kier alpha value is -3.62. The van der Waals surface area contributed by atoms with Gasteiger partial charge in [0.25, 0.3) is 5.91 Å². The van der Waals surface area contributed by atoms with Gasteiger partial charge in [-0.25, -0.2) is 4.79 Å². The molecular formula is C19H18N2O7. The van der Waals surface area contributed by atoms with Gasteiger partial charge in [0.05, 0.1) is 23.4 Å². The Morgan fingerprint density at radius 3 is 2.39 bits per heavy atom. The summed E-state index contributed by atoms with van der Waals surface area (Å²) in [5, 5.41) is 20.8. The van der Waals surface area contributed by atoms with Gasteiger partial charge in [0.15, 0.2) is 0 Å². The number of benzene rings is 1. The molecule has 2 atom stereocenters. The second-order valence-electron chi connectivity index (χ2n) is 6.35. The van der Waals surface area contributed by atoms with E-state index in [0.717, 1.165) is 0 Å². The van der Waals surface area contributed by atoms with Crippen LogP contribution in [0.25, 0.3) is 0 Å². The van der Waals surface area contributed by atoms with Gasteiger partial charge in [-0.15, -0.1) is 0 Å². The highest BCUT2D eigenvalue weighted by Gasteiger charge is 2.48. The zero-order chi connectivity index (χ0) is 20.3. The van der Waals surface area contributed by atoms with Crippen LogP contribution < -0.4 is 5.32 Å². The van der Waals surface area contributed by atoms with E-state index >= 15 is 0 Å². The molecule has 0 radical (unpaired) electrons. The Bertz CT molecular complexity index is 907. The molecule has 1 fully saturated rings. The molecule has 3 N–H and O–H groups in total. The Balaban J connectivity index is 1.75. The summed E-state index contributed by atoms with van der Waals surface area (Å²) in [4.78, 5) is 48.4. The summed E-state index contributed by atoms with van der Waals surface area (Å²) in [5.41, 5.74) is -0.245. The molecule has 3 rings (SSSR count). The smallest absolute Gasteiger partial charge is 0.336 e. The van der Waals surface area contributed by atoms with Crippen LogP contribution in [0.4, 0.5) is 0 Å². The number of carboxylic acid groups (broad SMARTS) is 2. The fourth-order valence-corrected chi connectivity index (χ4v) is 3.26. The Morgan fingerprint density at radius 1 is 1.07 bits per heavy atom. The molecule has 1 aromatic heterocycles. The molecule has 9 heteroatoms. The molecule has 0 saturated carbocycles. The van der Waals surface area contributed by atoms with Gasteiger partial charge in [-0.1, -0.05) is 12.1 Å². The molecule has 146 valence electrons. The first-order valence-corrected chi connectivity index (χ1v) is 8.56. The Kier molecular flexibility index (Phi) is 5.44. The van der Waals surface area contributed by atoms with Crippen LogP contribution in [0.3, 0.4) is 0 Å². The molecule has 2 heterocycles. The quantitative estimate of drug-likeness (QED) is 0.576. The third-order valence-electron chi connectivity index (χ3n) is 4.60. The third-order valence-corrected chi connectivity index (χ3v) is 4.60. The van der Waals surface area contributed by atoms with E-state index < -0.39 is 42.4 Å². The first kappa shape index (κ1) is 19.2. The SMILES string of the molecule is O=C(O)CN1C(=O)C(NC(=O)c2ccccc2C(=O)O)C1CCc1ccco1. The average Bonchev–Trinajstić information content (AvgIpc) is 3.19. The molecule has 2 aromatic rings. The summed E-state index contributed by atoms with van der Waals surface area (Å²) < 4.78 is 5.25. The number of furan rings is 1. The highest BCUT2D eigenvalue weighted by atomic mass is 16.4. The summed E-state index contributed by atoms with van der Waals surface area (Å²) in [6.45, 7) is -0.472. The molecule has 28 heavy (non-hydrogen) atoms. The lowest BCUT2D eigenvalue weighted by Crippen LogP contribution is -2.71. The number of aromatic carboxylic acids is 1. The van der Waals surface area contributed by atoms with Crippen molar-refractivity contribution in [3.8, 4) is 0 Å². The van der Waals surface area contributed by atoms with E-state index in [4.69, 9.17) is 9.52 Å². The van der Waals surface area contributed by atoms with E-state index in [1.54, 1.807) is 12.1 Å². The van der Waals surface area contributed by atoms with E-state index in [9.17, 15) is 24.3 Å². The summed E-state index contributed by atoms with van der Waals surface area (Å²) in [6.07, 6.45) is 2.36. The minimum absolute atomic E-state index is 0.0655. The largest absolute Gasteiger partial charge is 0.480 e. The number of hydrogen-bond acceptors (Lipinski definition) is 5. The minimum Gasteiger partial charge on any atom is -0.480 e. The number of aliphatic carboxylic acids is 1. The van der Waals surface area contributed by atoms with Crippen LogP contribution in [0.1, 0.15) is 32.9 Å². The van der Waals surface area contributed by atoms with Gasteiger partial charge in [-0.05, 0) is 30.7 Å². The molecule has 1 aliphatic heterocycles. The number of nitrogens with zero attached hydrogens (tertiary/aromatic N) is 1. The number of carboxylic acids is 2. The van der Waals surface area contributed by atoms with E-state index in [0.29, 0.717) is 18.6 Å². The number of carbonyl (C=O) groups is 4. The monoisotopic (exact) mass is 386 g/mol. The van der Waals surface area contributed by atoms with Crippen molar-refractivity contribution in [3.63, 3.8) is 0 Å². The van der Waals surface area contributed by atoms with Crippen molar-refractivity contribution in [2.24, 2.45) is 0 Å². The first-order valence-electron chi connectivity index (χ1n) is 8.56. The van der Waals surface area contributed by atoms with Crippen molar-refractivity contribution in [2.45, 2.75) is 24.9 Å². The second kappa shape index (κ2) is 7.95. The number of aryl methyl sites for hydroxylation is 1. The van der Waals surface area contributed by atoms with Crippen LogP contribution in [0, 0.1) is 0 Å². The topological polar surface area (TPSA) is 137 Å². The Labute approximate surface area is 159 Å². The fraction of sp³-hybridized carbons (Fsp3) is 0.263. The molecule has 2 amide bonds. The number of nitrogens with one attached hydrogen (secondary N) is 1. The van der Waals surface area contributed by atoms with Crippen molar-refractivity contribution < 1.29 is 33.8 Å². The van der Waals surface area contributed by atoms with E-state index in [1.165, 1.54) is 35.4 Å². The average molecular weight is 386 g/mol. The second-order valence-corrected chi connectivity index (χ2v) is 6.35. The number of hydrogen-bond donors (Lipinski definition) is 3. The maximum absolute atomic E-state index is 12.5. The highest BCUT2D eigenvalue weighted by molar-refractivity contribution is 6.06. The van der Waals surface area contributed by atoms with Crippen molar-refractivity contribution in [3.05, 3.63) is 59.5 Å². The van der Waals surface area contributed by atoms with Crippen LogP contribution in [0.2, 0.25) is 0 Å². The van der Waals surface area contributed by atoms with Crippen LogP contribution in [-0.4, -0.2) is 57.5 Å². The summed E-state index contributed by atoms with van der Waals surface area (Å²) in [5.74, 6) is -2.96. The van der Waals surface area contributed by atoms with Gasteiger partial charge in [-0.2, -0.15) is 0 Å². The van der Waals surface area contributed by atoms with Gasteiger partial charge in [0, 0.05) is 6.42 Å². The highest BCUT2D eigenvalue weighted by Crippen LogP contribution is 2.25. The molecule has 0 spiro atoms. The number of likely N-dealkylation sites (tertiary alicyclic amines) is 1. The zero-order valence-electron chi connectivity index (χ0n) is 14.7. The molecule has 9 nitrogen and oxygen atoms in total. The van der Waals surface area contributed by atoms with Crippen LogP contribution >= 0.6 is 0 Å². The lowest BCUT2D eigenvalue weighted by Gasteiger charge is -2.46. The molecule has 0 bridgehead atoms. The van der Waals surface area contributed by atoms with E-state index in [2.05, 4.69) is 5.32 Å². The van der Waals surface area contributed by atoms with Gasteiger partial charge < -0.3 is 24.8 Å². The van der Waals surface area contributed by atoms with Crippen LogP contribution in [0.15, 0.2) is 47.1 Å². The van der Waals surface area contributed by atoms with E-state index in [-0.39, 0.29) is 11.1 Å². The lowest BCUT2D eigenvalue weighted by molar-refractivity contribution is -0.158. The summed E-state index contributed by atoms with van der Waals surface area (Å²) >= 11 is 0. The molecule has 0 aliphatic carbocycles. The maximum Gasteiger partial charge on any atom is 0.336 e. The molecule has 1 aromatic carbocycles. The Morgan fingerprint density at radius 2 is 1.79 bits per heavy atom. The standard InChI is InChI=1S/C19H18N2O7/c22-15(23)10-21-14(8-7-11-4-3-9-28-11)16(18(21)25)20-17(24)12-5-1-2-6-13(12)19(26)27/h1-6,9,14,16H,7-8,10H2,(H,20,24)(H,22,23)(H,26,27). The van der Waals surface area contributed by atoms with Gasteiger partial charge in [0.2, 0.25) is 5.91 Å². The van der Waals surface area contributed by atoms with Gasteiger partial charge >= 0.3 is 11.9 Å². The lowest BCUT2D eigenvalue weighted by atomic mass is 9.89. The predicted molar refractivity (Wildman–Crippen MR) is 94.8 cm³/mol.